The van der Waals surface area contributed by atoms with Gasteiger partial charge < -0.3 is 10.2 Å². The van der Waals surface area contributed by atoms with Crippen LogP contribution in [0.15, 0.2) is 23.3 Å². The van der Waals surface area contributed by atoms with Gasteiger partial charge in [-0.25, -0.2) is 4.79 Å². The molecule has 0 aromatic rings. The van der Waals surface area contributed by atoms with E-state index in [4.69, 9.17) is 5.11 Å². The van der Waals surface area contributed by atoms with E-state index in [0.29, 0.717) is 12.0 Å². The summed E-state index contributed by atoms with van der Waals surface area (Å²) in [6, 6.07) is 0. The maximum absolute atomic E-state index is 10.6. The Morgan fingerprint density at radius 2 is 1.71 bits per heavy atom. The van der Waals surface area contributed by atoms with E-state index in [1.165, 1.54) is 18.4 Å². The summed E-state index contributed by atoms with van der Waals surface area (Å²) < 4.78 is 0. The zero-order valence-corrected chi connectivity index (χ0v) is 14.1. The number of aliphatic carboxylic acids is 1. The molecule has 0 aliphatic carbocycles. The number of aliphatic hydroxyl groups is 1. The van der Waals surface area contributed by atoms with Crippen molar-refractivity contribution in [3.8, 4) is 0 Å². The lowest BCUT2D eigenvalue weighted by atomic mass is 9.91. The molecule has 0 rings (SSSR count). The van der Waals surface area contributed by atoms with Crippen LogP contribution in [-0.2, 0) is 4.79 Å². The van der Waals surface area contributed by atoms with E-state index in [0.717, 1.165) is 32.1 Å². The molecule has 0 fully saturated rings. The number of allylic oxidation sites excluding steroid dienone is 3. The molecule has 0 spiro atoms. The molecule has 0 amide bonds. The van der Waals surface area contributed by atoms with Gasteiger partial charge in [-0.05, 0) is 52.9 Å². The van der Waals surface area contributed by atoms with Crippen molar-refractivity contribution in [3.63, 3.8) is 0 Å². The number of unbranched alkanes of at least 4 members (excludes halogenated alkanes) is 2. The normalized spacial score (nSPS) is 15.9. The summed E-state index contributed by atoms with van der Waals surface area (Å²) in [5.41, 5.74) is 1.10. The molecule has 122 valence electrons. The minimum absolute atomic E-state index is 0.387. The molecule has 0 radical (unpaired) electrons. The smallest absolute Gasteiger partial charge is 0.330 e. The summed E-state index contributed by atoms with van der Waals surface area (Å²) in [4.78, 5) is 10.6. The van der Waals surface area contributed by atoms with Crippen LogP contribution in [0.3, 0.4) is 0 Å². The number of carboxylic acids is 1. The molecule has 0 heterocycles. The Labute approximate surface area is 129 Å². The molecule has 0 aromatic carbocycles. The minimum atomic E-state index is -0.857. The van der Waals surface area contributed by atoms with Gasteiger partial charge in [0.25, 0.3) is 0 Å². The van der Waals surface area contributed by atoms with Crippen molar-refractivity contribution in [1.82, 2.24) is 0 Å². The van der Waals surface area contributed by atoms with Crippen LogP contribution in [0.2, 0.25) is 0 Å². The highest BCUT2D eigenvalue weighted by Crippen LogP contribution is 2.22. The van der Waals surface area contributed by atoms with Crippen molar-refractivity contribution in [2.75, 3.05) is 0 Å². The zero-order chi connectivity index (χ0) is 16.3. The number of hydrogen-bond donors (Lipinski definition) is 2. The maximum atomic E-state index is 10.6. The second kappa shape index (κ2) is 10.6. The second-order valence-electron chi connectivity index (χ2n) is 6.29. The van der Waals surface area contributed by atoms with Crippen LogP contribution in [0, 0.1) is 0 Å². The molecule has 0 saturated heterocycles. The number of hydrogen-bond acceptors (Lipinski definition) is 2. The van der Waals surface area contributed by atoms with Crippen LogP contribution in [-0.4, -0.2) is 21.8 Å². The van der Waals surface area contributed by atoms with E-state index < -0.39 is 11.6 Å². The fourth-order valence-electron chi connectivity index (χ4n) is 2.26. The van der Waals surface area contributed by atoms with Crippen LogP contribution in [0.4, 0.5) is 0 Å². The highest BCUT2D eigenvalue weighted by molar-refractivity contribution is 5.85. The Kier molecular flexibility index (Phi) is 10.1. The van der Waals surface area contributed by atoms with Crippen molar-refractivity contribution >= 4 is 5.97 Å². The molecular weight excluding hydrogens is 264 g/mol. The maximum Gasteiger partial charge on any atom is 0.330 e. The average Bonchev–Trinajstić information content (AvgIpc) is 2.38. The van der Waals surface area contributed by atoms with Crippen LogP contribution >= 0.6 is 0 Å². The molecule has 0 aliphatic heterocycles. The molecular formula is C18H32O3. The second-order valence-corrected chi connectivity index (χ2v) is 6.29. The average molecular weight is 296 g/mol. The molecule has 2 N–H and O–H groups in total. The summed E-state index contributed by atoms with van der Waals surface area (Å²) in [7, 11) is 0. The van der Waals surface area contributed by atoms with Crippen LogP contribution in [0.25, 0.3) is 0 Å². The third-order valence-electron chi connectivity index (χ3n) is 3.83. The first kappa shape index (κ1) is 19.9. The van der Waals surface area contributed by atoms with E-state index in [1.54, 1.807) is 13.0 Å². The van der Waals surface area contributed by atoms with Crippen LogP contribution in [0.1, 0.15) is 79.1 Å². The third-order valence-corrected chi connectivity index (χ3v) is 3.83. The molecule has 0 bridgehead atoms. The van der Waals surface area contributed by atoms with Gasteiger partial charge in [-0.2, -0.15) is 0 Å². The summed E-state index contributed by atoms with van der Waals surface area (Å²) >= 11 is 0. The Morgan fingerprint density at radius 1 is 1.10 bits per heavy atom. The van der Waals surface area contributed by atoms with Crippen molar-refractivity contribution in [2.24, 2.45) is 0 Å². The van der Waals surface area contributed by atoms with Crippen molar-refractivity contribution in [1.29, 1.82) is 0 Å². The van der Waals surface area contributed by atoms with Crippen molar-refractivity contribution < 1.29 is 15.0 Å². The van der Waals surface area contributed by atoms with Crippen LogP contribution in [0.5, 0.6) is 0 Å². The Bertz CT molecular complexity index is 365. The number of carboxylic acid groups (broad SMARTS) is 1. The van der Waals surface area contributed by atoms with E-state index >= 15 is 0 Å². The van der Waals surface area contributed by atoms with E-state index in [9.17, 15) is 9.90 Å². The molecule has 3 nitrogen and oxygen atoms in total. The van der Waals surface area contributed by atoms with Gasteiger partial charge in [0.15, 0.2) is 0 Å². The molecule has 3 heteroatoms. The topological polar surface area (TPSA) is 57.5 Å². The molecule has 1 atom stereocenters. The lowest BCUT2D eigenvalue weighted by Gasteiger charge is -2.23. The molecule has 21 heavy (non-hydrogen) atoms. The predicted molar refractivity (Wildman–Crippen MR) is 88.4 cm³/mol. The molecule has 0 aliphatic rings. The van der Waals surface area contributed by atoms with Gasteiger partial charge in [-0.15, -0.1) is 0 Å². The fraction of sp³-hybridized carbons (Fsp3) is 0.722. The Balaban J connectivity index is 3.99. The molecule has 0 saturated carbocycles. The van der Waals surface area contributed by atoms with Gasteiger partial charge in [0, 0.05) is 5.57 Å². The predicted octanol–water partition coefficient (Wildman–Crippen LogP) is 4.86. The summed E-state index contributed by atoms with van der Waals surface area (Å²) in [6.45, 7) is 7.78. The minimum Gasteiger partial charge on any atom is -0.478 e. The highest BCUT2D eigenvalue weighted by atomic mass is 16.4. The quantitative estimate of drug-likeness (QED) is 0.325. The first-order valence-electron chi connectivity index (χ1n) is 8.06. The fourth-order valence-corrected chi connectivity index (χ4v) is 2.26. The SMILES string of the molecule is CCCCCC(C)(O)CCC/C(C)=C/C/C=C(\C)C(=O)O. The van der Waals surface area contributed by atoms with Gasteiger partial charge in [0.2, 0.25) is 0 Å². The number of rotatable bonds is 11. The highest BCUT2D eigenvalue weighted by Gasteiger charge is 2.18. The summed E-state index contributed by atoms with van der Waals surface area (Å²) in [6.07, 6.45) is 11.6. The lowest BCUT2D eigenvalue weighted by molar-refractivity contribution is -0.132. The summed E-state index contributed by atoms with van der Waals surface area (Å²) in [5.74, 6) is -0.857. The first-order chi connectivity index (χ1) is 9.78. The van der Waals surface area contributed by atoms with Gasteiger partial charge >= 0.3 is 5.97 Å². The Hall–Kier alpha value is -1.09. The standard InChI is InChI=1S/C18H32O3/c1-5-6-7-13-18(4,21)14-9-11-15(2)10-8-12-16(3)17(19)20/h10,12,21H,5-9,11,13-14H2,1-4H3,(H,19,20)/b15-10+,16-12+. The van der Waals surface area contributed by atoms with Crippen molar-refractivity contribution in [3.05, 3.63) is 23.3 Å². The molecule has 1 unspecified atom stereocenters. The Morgan fingerprint density at radius 3 is 2.29 bits per heavy atom. The zero-order valence-electron chi connectivity index (χ0n) is 14.1. The lowest BCUT2D eigenvalue weighted by Crippen LogP contribution is -2.23. The van der Waals surface area contributed by atoms with Gasteiger partial charge in [0.1, 0.15) is 0 Å². The van der Waals surface area contributed by atoms with Gasteiger partial charge in [0.05, 0.1) is 5.60 Å². The monoisotopic (exact) mass is 296 g/mol. The van der Waals surface area contributed by atoms with Gasteiger partial charge in [-0.1, -0.05) is 43.9 Å². The van der Waals surface area contributed by atoms with E-state index in [1.807, 2.05) is 6.92 Å². The van der Waals surface area contributed by atoms with Crippen molar-refractivity contribution in [2.45, 2.75) is 84.7 Å². The summed E-state index contributed by atoms with van der Waals surface area (Å²) in [5, 5.41) is 19.0. The van der Waals surface area contributed by atoms with Crippen LogP contribution < -0.4 is 0 Å². The first-order valence-corrected chi connectivity index (χ1v) is 8.06. The van der Waals surface area contributed by atoms with E-state index in [-0.39, 0.29) is 0 Å². The molecule has 0 aromatic heterocycles. The third kappa shape index (κ3) is 11.3. The van der Waals surface area contributed by atoms with E-state index in [2.05, 4.69) is 19.9 Å². The number of carbonyl (C=O) groups is 1. The van der Waals surface area contributed by atoms with Gasteiger partial charge in [-0.3, -0.25) is 0 Å². The largest absolute Gasteiger partial charge is 0.478 e.